The van der Waals surface area contributed by atoms with Gasteiger partial charge in [0, 0.05) is 0 Å². The second kappa shape index (κ2) is 5.96. The van der Waals surface area contributed by atoms with Gasteiger partial charge in [-0.05, 0) is 0 Å². The molecule has 1 aromatic carbocycles. The van der Waals surface area contributed by atoms with E-state index < -0.39 is 7.94 Å². The molecule has 0 aliphatic rings. The van der Waals surface area contributed by atoms with Gasteiger partial charge in [0.1, 0.15) is 0 Å². The fourth-order valence-corrected chi connectivity index (χ4v) is 4.45. The van der Waals surface area contributed by atoms with E-state index in [0.717, 1.165) is 11.1 Å². The molecule has 0 amide bonds. The van der Waals surface area contributed by atoms with Gasteiger partial charge in [0.25, 0.3) is 0 Å². The van der Waals surface area contributed by atoms with E-state index in [4.69, 9.17) is 4.52 Å². The Balaban J connectivity index is 3.65. The summed E-state index contributed by atoms with van der Waals surface area (Å²) in [7, 11) is -3.86. The van der Waals surface area contributed by atoms with Gasteiger partial charge < -0.3 is 0 Å². The molecule has 0 saturated carbocycles. The van der Waals surface area contributed by atoms with Gasteiger partial charge in [0.2, 0.25) is 0 Å². The summed E-state index contributed by atoms with van der Waals surface area (Å²) in [5.74, 6) is 0. The van der Waals surface area contributed by atoms with E-state index in [2.05, 4.69) is 53.7 Å². The molecule has 4 heteroatoms. The van der Waals surface area contributed by atoms with Crippen molar-refractivity contribution in [1.82, 2.24) is 0 Å². The zero-order chi connectivity index (χ0) is 16.6. The van der Waals surface area contributed by atoms with Gasteiger partial charge in [0.15, 0.2) is 0 Å². The maximum absolute atomic E-state index is 10.5. The van der Waals surface area contributed by atoms with Crippen molar-refractivity contribution >= 4 is 13.2 Å². The maximum atomic E-state index is 10.5. The molecule has 0 bridgehead atoms. The quantitative estimate of drug-likeness (QED) is 0.836. The van der Waals surface area contributed by atoms with E-state index in [9.17, 15) is 9.79 Å². The Hall–Kier alpha value is -0.470. The van der Waals surface area contributed by atoms with Crippen molar-refractivity contribution in [2.75, 3.05) is 6.61 Å². The molecule has 21 heavy (non-hydrogen) atoms. The summed E-state index contributed by atoms with van der Waals surface area (Å²) in [5.41, 5.74) is 2.91. The Bertz CT molecular complexity index is 508. The topological polar surface area (TPSA) is 49.7 Å². The van der Waals surface area contributed by atoms with E-state index in [0.29, 0.717) is 11.9 Å². The standard InChI is InChI=1S/C17H31O3P/c1-9-20-21(18,19)15-12(2)10-13(16(3,4)5)11-14(15)17(6,7)8/h10-11,18-19,21H,9H2,1-8H3. The van der Waals surface area contributed by atoms with Crippen LogP contribution in [0.5, 0.6) is 0 Å². The fraction of sp³-hybridized carbons (Fsp3) is 0.647. The molecule has 0 spiro atoms. The van der Waals surface area contributed by atoms with E-state index in [1.165, 1.54) is 5.56 Å². The van der Waals surface area contributed by atoms with Gasteiger partial charge in [-0.2, -0.15) is 0 Å². The summed E-state index contributed by atoms with van der Waals surface area (Å²) in [6.07, 6.45) is 0. The zero-order valence-electron chi connectivity index (χ0n) is 14.7. The number of rotatable bonds is 3. The average Bonchev–Trinajstić information content (AvgIpc) is 2.24. The molecule has 0 saturated heterocycles. The van der Waals surface area contributed by atoms with Crippen LogP contribution in [0.25, 0.3) is 0 Å². The Labute approximate surface area is 129 Å². The molecule has 0 atom stereocenters. The molecule has 3 nitrogen and oxygen atoms in total. The third-order valence-electron chi connectivity index (χ3n) is 3.68. The van der Waals surface area contributed by atoms with Gasteiger partial charge >= 0.3 is 129 Å². The van der Waals surface area contributed by atoms with Crippen LogP contribution in [0, 0.1) is 6.92 Å². The van der Waals surface area contributed by atoms with E-state index >= 15 is 0 Å². The Morgan fingerprint density at radius 3 is 1.90 bits per heavy atom. The summed E-state index contributed by atoms with van der Waals surface area (Å²) in [5, 5.41) is 0.602. The summed E-state index contributed by atoms with van der Waals surface area (Å²) in [6, 6.07) is 4.16. The van der Waals surface area contributed by atoms with Crippen molar-refractivity contribution in [2.24, 2.45) is 0 Å². The molecular weight excluding hydrogens is 283 g/mol. The summed E-state index contributed by atoms with van der Waals surface area (Å²) in [6.45, 7) is 16.8. The molecule has 122 valence electrons. The Kier molecular flexibility index (Phi) is 5.28. The number of hydrogen-bond donors (Lipinski definition) is 2. The first-order valence-electron chi connectivity index (χ1n) is 7.55. The molecule has 0 radical (unpaired) electrons. The molecule has 1 aromatic rings. The fourth-order valence-electron chi connectivity index (χ4n) is 2.52. The summed E-state index contributed by atoms with van der Waals surface area (Å²) in [4.78, 5) is 21.0. The van der Waals surface area contributed by atoms with Crippen molar-refractivity contribution in [3.8, 4) is 0 Å². The van der Waals surface area contributed by atoms with Gasteiger partial charge in [-0.1, -0.05) is 0 Å². The predicted octanol–water partition coefficient (Wildman–Crippen LogP) is 3.73. The molecule has 0 aliphatic carbocycles. The average molecular weight is 314 g/mol. The van der Waals surface area contributed by atoms with Crippen LogP contribution >= 0.6 is 7.94 Å². The first-order valence-corrected chi connectivity index (χ1v) is 9.35. The molecular formula is C17H31O3P. The normalized spacial score (nSPS) is 14.4. The number of hydrogen-bond acceptors (Lipinski definition) is 3. The monoisotopic (exact) mass is 314 g/mol. The van der Waals surface area contributed by atoms with Gasteiger partial charge in [0.05, 0.1) is 0 Å². The van der Waals surface area contributed by atoms with Gasteiger partial charge in [-0.25, -0.2) is 0 Å². The van der Waals surface area contributed by atoms with Crippen LogP contribution in [0.3, 0.4) is 0 Å². The Morgan fingerprint density at radius 1 is 1.00 bits per heavy atom. The van der Waals surface area contributed by atoms with Crippen LogP contribution in [-0.4, -0.2) is 16.4 Å². The predicted molar refractivity (Wildman–Crippen MR) is 92.6 cm³/mol. The first kappa shape index (κ1) is 18.6. The first-order chi connectivity index (χ1) is 9.30. The van der Waals surface area contributed by atoms with E-state index in [-0.39, 0.29) is 10.8 Å². The zero-order valence-corrected chi connectivity index (χ0v) is 15.7. The minimum absolute atomic E-state index is 0.0179. The van der Waals surface area contributed by atoms with E-state index in [1.807, 2.05) is 6.92 Å². The van der Waals surface area contributed by atoms with Crippen molar-refractivity contribution in [2.45, 2.75) is 66.2 Å². The van der Waals surface area contributed by atoms with Crippen LogP contribution in [0.15, 0.2) is 12.1 Å². The van der Waals surface area contributed by atoms with Crippen LogP contribution in [0.2, 0.25) is 0 Å². The van der Waals surface area contributed by atoms with Crippen molar-refractivity contribution < 1.29 is 14.3 Å². The van der Waals surface area contributed by atoms with Crippen molar-refractivity contribution in [3.05, 3.63) is 28.8 Å². The molecule has 0 aliphatic heterocycles. The molecule has 0 heterocycles. The van der Waals surface area contributed by atoms with Crippen LogP contribution in [0.4, 0.5) is 0 Å². The summed E-state index contributed by atoms with van der Waals surface area (Å²) >= 11 is 0. The second-order valence-corrected chi connectivity index (χ2v) is 9.76. The van der Waals surface area contributed by atoms with Crippen LogP contribution in [-0.2, 0) is 15.4 Å². The minimum atomic E-state index is -3.86. The molecule has 1 rings (SSSR count). The van der Waals surface area contributed by atoms with Gasteiger partial charge in [-0.3, -0.25) is 0 Å². The second-order valence-electron chi connectivity index (χ2n) is 7.76. The van der Waals surface area contributed by atoms with E-state index in [1.54, 1.807) is 6.92 Å². The summed E-state index contributed by atoms with van der Waals surface area (Å²) < 4.78 is 5.31. The van der Waals surface area contributed by atoms with Crippen LogP contribution in [0.1, 0.15) is 65.2 Å². The van der Waals surface area contributed by atoms with Gasteiger partial charge in [-0.15, -0.1) is 0 Å². The third kappa shape index (κ3) is 4.26. The molecule has 0 unspecified atom stereocenters. The number of aryl methyl sites for hydroxylation is 1. The van der Waals surface area contributed by atoms with Crippen LogP contribution < -0.4 is 5.30 Å². The molecule has 0 aromatic heterocycles. The van der Waals surface area contributed by atoms with Crippen molar-refractivity contribution in [1.29, 1.82) is 0 Å². The Morgan fingerprint density at radius 2 is 1.52 bits per heavy atom. The molecule has 2 N–H and O–H groups in total. The van der Waals surface area contributed by atoms with Crippen molar-refractivity contribution in [3.63, 3.8) is 0 Å². The third-order valence-corrected chi connectivity index (χ3v) is 5.69. The number of benzene rings is 1. The molecule has 0 fully saturated rings. The SMILES string of the molecule is CCO[PH](O)(O)c1c(C)cc(C(C)(C)C)cc1C(C)(C)C.